The summed E-state index contributed by atoms with van der Waals surface area (Å²) in [7, 11) is 0. The van der Waals surface area contributed by atoms with Gasteiger partial charge in [0.1, 0.15) is 5.01 Å². The Bertz CT molecular complexity index is 427. The fourth-order valence-corrected chi connectivity index (χ4v) is 1.76. The largest absolute Gasteiger partial charge is 0.351 e. The van der Waals surface area contributed by atoms with Crippen molar-refractivity contribution in [2.75, 3.05) is 18.4 Å². The lowest BCUT2D eigenvalue weighted by molar-refractivity contribution is -0.119. The molecule has 0 bridgehead atoms. The number of hydrogen-bond acceptors (Lipinski definition) is 5. The average molecular weight is 252 g/mol. The van der Waals surface area contributed by atoms with E-state index < -0.39 is 0 Å². The summed E-state index contributed by atoms with van der Waals surface area (Å²) in [6.45, 7) is 6.59. The molecule has 0 unspecified atom stereocenters. The molecule has 17 heavy (non-hydrogen) atoms. The zero-order valence-corrected chi connectivity index (χ0v) is 11.0. The van der Waals surface area contributed by atoms with E-state index in [1.54, 1.807) is 0 Å². The zero-order chi connectivity index (χ0) is 12.9. The van der Waals surface area contributed by atoms with Crippen LogP contribution < -0.4 is 10.6 Å². The molecule has 1 amide bonds. The number of hydrogen-bond donors (Lipinski definition) is 2. The number of aromatic nitrogens is 2. The molecule has 1 aromatic heterocycles. The highest BCUT2D eigenvalue weighted by Crippen LogP contribution is 2.27. The van der Waals surface area contributed by atoms with Crippen LogP contribution in [-0.2, 0) is 10.2 Å². The third kappa shape index (κ3) is 4.41. The predicted molar refractivity (Wildman–Crippen MR) is 68.9 cm³/mol. The Hall–Kier alpha value is -1.61. The topological polar surface area (TPSA) is 66.9 Å². The minimum absolute atomic E-state index is 0.0245. The van der Waals surface area contributed by atoms with Crippen LogP contribution >= 0.6 is 11.3 Å². The van der Waals surface area contributed by atoms with Crippen LogP contribution in [0, 0.1) is 12.3 Å². The summed E-state index contributed by atoms with van der Waals surface area (Å²) in [6, 6.07) is 0. The quantitative estimate of drug-likeness (QED) is 0.784. The molecule has 6 heteroatoms. The number of carbonyl (C=O) groups excluding carboxylic acids is 1. The van der Waals surface area contributed by atoms with Crippen molar-refractivity contribution < 1.29 is 4.79 Å². The van der Waals surface area contributed by atoms with E-state index in [0.29, 0.717) is 5.13 Å². The third-order valence-electron chi connectivity index (χ3n) is 1.85. The van der Waals surface area contributed by atoms with Gasteiger partial charge in [-0.05, 0) is 0 Å². The van der Waals surface area contributed by atoms with E-state index in [4.69, 9.17) is 6.42 Å². The predicted octanol–water partition coefficient (Wildman–Crippen LogP) is 0.997. The molecule has 1 aromatic rings. The Kier molecular flexibility index (Phi) is 4.46. The number of carbonyl (C=O) groups is 1. The van der Waals surface area contributed by atoms with Gasteiger partial charge in [0.05, 0.1) is 13.1 Å². The lowest BCUT2D eigenvalue weighted by atomic mass is 9.98. The van der Waals surface area contributed by atoms with Crippen molar-refractivity contribution >= 4 is 22.4 Å². The third-order valence-corrected chi connectivity index (χ3v) is 3.16. The molecule has 0 aliphatic carbocycles. The van der Waals surface area contributed by atoms with Gasteiger partial charge >= 0.3 is 0 Å². The first-order chi connectivity index (χ1) is 7.93. The smallest absolute Gasteiger partial charge is 0.240 e. The number of terminal acetylenes is 1. The molecule has 5 nitrogen and oxygen atoms in total. The number of nitrogens with zero attached hydrogens (tertiary/aromatic N) is 2. The van der Waals surface area contributed by atoms with Crippen LogP contribution in [0.1, 0.15) is 25.8 Å². The number of nitrogens with one attached hydrogen (secondary N) is 2. The number of amides is 1. The normalized spacial score (nSPS) is 10.7. The summed E-state index contributed by atoms with van der Waals surface area (Å²) < 4.78 is 0. The lowest BCUT2D eigenvalue weighted by Gasteiger charge is -2.12. The van der Waals surface area contributed by atoms with Crippen molar-refractivity contribution in [3.63, 3.8) is 0 Å². The molecule has 0 atom stereocenters. The summed E-state index contributed by atoms with van der Waals surface area (Å²) >= 11 is 1.45. The maximum absolute atomic E-state index is 11.3. The molecule has 0 aromatic carbocycles. The van der Waals surface area contributed by atoms with Gasteiger partial charge in [-0.2, -0.15) is 0 Å². The summed E-state index contributed by atoms with van der Waals surface area (Å²) in [5, 5.41) is 15.1. The molecule has 0 spiro atoms. The molecular formula is C11H16N4OS. The molecule has 0 aliphatic rings. The average Bonchev–Trinajstić information content (AvgIpc) is 2.71. The summed E-state index contributed by atoms with van der Waals surface area (Å²) in [5.41, 5.74) is -0.0245. The van der Waals surface area contributed by atoms with Crippen LogP contribution in [0.25, 0.3) is 0 Å². The number of rotatable bonds is 4. The maximum atomic E-state index is 11.3. The van der Waals surface area contributed by atoms with Gasteiger partial charge in [-0.3, -0.25) is 4.79 Å². The second-order valence-corrected chi connectivity index (χ2v) is 5.47. The second-order valence-electron chi connectivity index (χ2n) is 4.50. The minimum atomic E-state index is -0.157. The Labute approximate surface area is 105 Å². The van der Waals surface area contributed by atoms with E-state index >= 15 is 0 Å². The van der Waals surface area contributed by atoms with Crippen LogP contribution in [0.15, 0.2) is 0 Å². The maximum Gasteiger partial charge on any atom is 0.240 e. The monoisotopic (exact) mass is 252 g/mol. The number of anilines is 1. The van der Waals surface area contributed by atoms with Gasteiger partial charge in [-0.15, -0.1) is 16.6 Å². The van der Waals surface area contributed by atoms with Gasteiger partial charge in [0.2, 0.25) is 11.0 Å². The van der Waals surface area contributed by atoms with E-state index in [1.807, 2.05) is 0 Å². The molecular weight excluding hydrogens is 236 g/mol. The van der Waals surface area contributed by atoms with Gasteiger partial charge in [0.25, 0.3) is 0 Å². The highest BCUT2D eigenvalue weighted by molar-refractivity contribution is 7.15. The Balaban J connectivity index is 2.46. The first kappa shape index (κ1) is 13.5. The molecule has 0 aliphatic heterocycles. The van der Waals surface area contributed by atoms with Crippen molar-refractivity contribution in [3.8, 4) is 12.3 Å². The van der Waals surface area contributed by atoms with E-state index in [-0.39, 0.29) is 24.4 Å². The molecule has 92 valence electrons. The van der Waals surface area contributed by atoms with Gasteiger partial charge < -0.3 is 10.6 Å². The van der Waals surface area contributed by atoms with E-state index in [2.05, 4.69) is 47.5 Å². The van der Waals surface area contributed by atoms with Crippen molar-refractivity contribution in [2.24, 2.45) is 0 Å². The standard InChI is InChI=1S/C11H16N4OS/c1-5-6-12-8(16)7-13-10-15-14-9(17-10)11(2,3)4/h1H,6-7H2,2-4H3,(H,12,16)(H,13,15). The van der Waals surface area contributed by atoms with Gasteiger partial charge in [-0.1, -0.05) is 38.0 Å². The summed E-state index contributed by atoms with van der Waals surface area (Å²) in [6.07, 6.45) is 5.03. The van der Waals surface area contributed by atoms with E-state index in [0.717, 1.165) is 5.01 Å². The fraction of sp³-hybridized carbons (Fsp3) is 0.545. The van der Waals surface area contributed by atoms with Crippen molar-refractivity contribution in [1.29, 1.82) is 0 Å². The summed E-state index contributed by atoms with van der Waals surface area (Å²) in [4.78, 5) is 11.3. The fourth-order valence-electron chi connectivity index (χ4n) is 0.966. The van der Waals surface area contributed by atoms with Gasteiger partial charge in [-0.25, -0.2) is 0 Å². The first-order valence-corrected chi connectivity index (χ1v) is 6.03. The highest BCUT2D eigenvalue weighted by atomic mass is 32.1. The molecule has 2 N–H and O–H groups in total. The van der Waals surface area contributed by atoms with Gasteiger partial charge in [0.15, 0.2) is 0 Å². The molecule has 1 rings (SSSR count). The van der Waals surface area contributed by atoms with Crippen LogP contribution in [0.5, 0.6) is 0 Å². The molecule has 1 heterocycles. The first-order valence-electron chi connectivity index (χ1n) is 5.21. The van der Waals surface area contributed by atoms with Crippen LogP contribution in [-0.4, -0.2) is 29.2 Å². The zero-order valence-electron chi connectivity index (χ0n) is 10.2. The lowest BCUT2D eigenvalue weighted by Crippen LogP contribution is -2.29. The van der Waals surface area contributed by atoms with Crippen LogP contribution in [0.2, 0.25) is 0 Å². The molecule has 0 saturated heterocycles. The second kappa shape index (κ2) is 5.64. The molecule has 0 saturated carbocycles. The van der Waals surface area contributed by atoms with Crippen molar-refractivity contribution in [2.45, 2.75) is 26.2 Å². The van der Waals surface area contributed by atoms with Crippen LogP contribution in [0.3, 0.4) is 0 Å². The van der Waals surface area contributed by atoms with Crippen LogP contribution in [0.4, 0.5) is 5.13 Å². The molecule has 0 fully saturated rings. The van der Waals surface area contributed by atoms with E-state index in [9.17, 15) is 4.79 Å². The van der Waals surface area contributed by atoms with Crippen molar-refractivity contribution in [3.05, 3.63) is 5.01 Å². The van der Waals surface area contributed by atoms with Crippen molar-refractivity contribution in [1.82, 2.24) is 15.5 Å². The van der Waals surface area contributed by atoms with Gasteiger partial charge in [0, 0.05) is 5.41 Å². The van der Waals surface area contributed by atoms with E-state index in [1.165, 1.54) is 11.3 Å². The Morgan fingerprint density at radius 2 is 2.18 bits per heavy atom. The Morgan fingerprint density at radius 1 is 1.47 bits per heavy atom. The Morgan fingerprint density at radius 3 is 2.71 bits per heavy atom. The highest BCUT2D eigenvalue weighted by Gasteiger charge is 2.19. The SMILES string of the molecule is C#CCNC(=O)CNc1nnc(C(C)(C)C)s1. The minimum Gasteiger partial charge on any atom is -0.351 e. The summed E-state index contributed by atoms with van der Waals surface area (Å²) in [5.74, 6) is 2.18. The molecule has 0 radical (unpaired) electrons.